The Kier molecular flexibility index (Phi) is 2.48. The lowest BCUT2D eigenvalue weighted by atomic mass is 9.63. The van der Waals surface area contributed by atoms with E-state index in [1.807, 2.05) is 0 Å². The minimum atomic E-state index is -0.180. The molecule has 0 N–H and O–H groups in total. The number of amides is 2. The van der Waals surface area contributed by atoms with Gasteiger partial charge in [-0.25, -0.2) is 4.90 Å². The van der Waals surface area contributed by atoms with Crippen LogP contribution in [0.3, 0.4) is 0 Å². The van der Waals surface area contributed by atoms with Gasteiger partial charge in [-0.15, -0.1) is 0 Å². The van der Waals surface area contributed by atoms with Crippen LogP contribution in [0, 0.1) is 35.5 Å². The topological polar surface area (TPSA) is 37.4 Å². The second kappa shape index (κ2) is 4.15. The molecule has 3 nitrogen and oxygen atoms in total. The summed E-state index contributed by atoms with van der Waals surface area (Å²) in [4.78, 5) is 27.1. The van der Waals surface area contributed by atoms with Crippen LogP contribution in [0.2, 0.25) is 10.0 Å². The lowest BCUT2D eigenvalue weighted by molar-refractivity contribution is -0.124. The van der Waals surface area contributed by atoms with E-state index in [2.05, 4.69) is 12.2 Å². The standard InChI is InChI=1S/C17H13Cl2NO2/c18-12-4-1-7(5-13(12)19)20-16(21)14-8-2-3-9(11-6-10(8)11)15(14)17(20)22/h1-5,8-11,14-15H,6H2/t8-,9+,10-,11-,14+,15-/m1/s1. The summed E-state index contributed by atoms with van der Waals surface area (Å²) in [7, 11) is 0. The SMILES string of the molecule is O=C1[C@@H]2[C@H]3C=C[C@H]([C@H]4C[C@H]34)[C@@H]2C(=O)N1c1ccc(Cl)c(Cl)c1. The lowest BCUT2D eigenvalue weighted by Gasteiger charge is -2.37. The third-order valence-electron chi connectivity index (χ3n) is 5.82. The predicted octanol–water partition coefficient (Wildman–Crippen LogP) is 3.55. The molecule has 0 aromatic heterocycles. The van der Waals surface area contributed by atoms with E-state index in [1.54, 1.807) is 18.2 Å². The smallest absolute Gasteiger partial charge is 0.238 e. The minimum Gasteiger partial charge on any atom is -0.274 e. The molecule has 1 aliphatic heterocycles. The van der Waals surface area contributed by atoms with Crippen LogP contribution in [-0.2, 0) is 9.59 Å². The van der Waals surface area contributed by atoms with E-state index >= 15 is 0 Å². The number of imide groups is 1. The highest BCUT2D eigenvalue weighted by atomic mass is 35.5. The molecule has 1 aromatic carbocycles. The Labute approximate surface area is 137 Å². The van der Waals surface area contributed by atoms with Crippen molar-refractivity contribution in [1.29, 1.82) is 0 Å². The van der Waals surface area contributed by atoms with Gasteiger partial charge in [0.2, 0.25) is 11.8 Å². The molecule has 4 aliphatic carbocycles. The molecule has 5 aliphatic rings. The van der Waals surface area contributed by atoms with Crippen molar-refractivity contribution >= 4 is 40.7 Å². The zero-order valence-electron chi connectivity index (χ0n) is 11.6. The van der Waals surface area contributed by atoms with Crippen LogP contribution in [-0.4, -0.2) is 11.8 Å². The molecule has 5 heteroatoms. The number of hydrogen-bond donors (Lipinski definition) is 0. The van der Waals surface area contributed by atoms with Gasteiger partial charge in [0.1, 0.15) is 0 Å². The van der Waals surface area contributed by atoms with Crippen LogP contribution in [0.4, 0.5) is 5.69 Å². The van der Waals surface area contributed by atoms with Gasteiger partial charge in [0.05, 0.1) is 27.6 Å². The van der Waals surface area contributed by atoms with Crippen LogP contribution in [0.5, 0.6) is 0 Å². The number of anilines is 1. The lowest BCUT2D eigenvalue weighted by Crippen LogP contribution is -2.40. The molecule has 2 bridgehead atoms. The summed E-state index contributed by atoms with van der Waals surface area (Å²) in [5.74, 6) is 1.20. The molecule has 2 amide bonds. The molecule has 3 fully saturated rings. The molecule has 0 radical (unpaired) electrons. The van der Waals surface area contributed by atoms with Gasteiger partial charge in [0.25, 0.3) is 0 Å². The number of benzene rings is 1. The molecule has 112 valence electrons. The first-order valence-corrected chi connectivity index (χ1v) is 8.34. The van der Waals surface area contributed by atoms with Crippen molar-refractivity contribution in [3.05, 3.63) is 40.4 Å². The van der Waals surface area contributed by atoms with Gasteiger partial charge in [-0.2, -0.15) is 0 Å². The van der Waals surface area contributed by atoms with Gasteiger partial charge in [0.15, 0.2) is 0 Å². The molecule has 1 aromatic rings. The van der Waals surface area contributed by atoms with Gasteiger partial charge < -0.3 is 0 Å². The molecular formula is C17H13Cl2NO2. The van der Waals surface area contributed by atoms with E-state index < -0.39 is 0 Å². The maximum Gasteiger partial charge on any atom is 0.238 e. The van der Waals surface area contributed by atoms with Crippen LogP contribution >= 0.6 is 23.2 Å². The van der Waals surface area contributed by atoms with E-state index in [1.165, 1.54) is 11.3 Å². The van der Waals surface area contributed by atoms with Gasteiger partial charge >= 0.3 is 0 Å². The predicted molar refractivity (Wildman–Crippen MR) is 83.7 cm³/mol. The third-order valence-corrected chi connectivity index (χ3v) is 6.56. The molecule has 0 unspecified atom stereocenters. The van der Waals surface area contributed by atoms with Crippen molar-refractivity contribution in [1.82, 2.24) is 0 Å². The summed E-state index contributed by atoms with van der Waals surface area (Å²) >= 11 is 12.0. The van der Waals surface area contributed by atoms with E-state index in [0.717, 1.165) is 0 Å². The number of halogens is 2. The molecule has 2 saturated carbocycles. The van der Waals surface area contributed by atoms with Crippen LogP contribution < -0.4 is 4.90 Å². The average molecular weight is 334 g/mol. The second-order valence-corrected chi connectivity index (χ2v) is 7.58. The second-order valence-electron chi connectivity index (χ2n) is 6.76. The number of hydrogen-bond acceptors (Lipinski definition) is 2. The van der Waals surface area contributed by atoms with Crippen LogP contribution in [0.15, 0.2) is 30.4 Å². The summed E-state index contributed by atoms with van der Waals surface area (Å²) in [5.41, 5.74) is 0.534. The van der Waals surface area contributed by atoms with Crippen molar-refractivity contribution in [2.24, 2.45) is 35.5 Å². The van der Waals surface area contributed by atoms with Gasteiger partial charge in [0, 0.05) is 0 Å². The zero-order valence-corrected chi connectivity index (χ0v) is 13.1. The van der Waals surface area contributed by atoms with E-state index in [9.17, 15) is 9.59 Å². The van der Waals surface area contributed by atoms with E-state index in [4.69, 9.17) is 23.2 Å². The van der Waals surface area contributed by atoms with Crippen molar-refractivity contribution in [3.63, 3.8) is 0 Å². The molecule has 22 heavy (non-hydrogen) atoms. The first-order valence-electron chi connectivity index (χ1n) is 7.59. The number of carbonyl (C=O) groups is 2. The quantitative estimate of drug-likeness (QED) is 0.582. The average Bonchev–Trinajstić information content (AvgIpc) is 3.28. The van der Waals surface area contributed by atoms with Crippen molar-refractivity contribution < 1.29 is 9.59 Å². The fourth-order valence-electron chi connectivity index (χ4n) is 4.84. The molecule has 6 rings (SSSR count). The number of carbonyl (C=O) groups excluding carboxylic acids is 2. The van der Waals surface area contributed by atoms with Gasteiger partial charge in [-0.3, -0.25) is 9.59 Å². The molecule has 0 spiro atoms. The third kappa shape index (κ3) is 1.49. The summed E-state index contributed by atoms with van der Waals surface area (Å²) in [6, 6.07) is 4.93. The molecule has 1 heterocycles. The molecule has 6 atom stereocenters. The normalized spacial score (nSPS) is 40.9. The Hall–Kier alpha value is -1.32. The van der Waals surface area contributed by atoms with Crippen molar-refractivity contribution in [2.45, 2.75) is 6.42 Å². The van der Waals surface area contributed by atoms with E-state index in [-0.39, 0.29) is 35.5 Å². The van der Waals surface area contributed by atoms with Gasteiger partial charge in [-0.1, -0.05) is 35.4 Å². The number of rotatable bonds is 1. The molecular weight excluding hydrogens is 321 g/mol. The Morgan fingerprint density at radius 2 is 1.50 bits per heavy atom. The summed E-state index contributed by atoms with van der Waals surface area (Å²) < 4.78 is 0. The Bertz CT molecular complexity index is 723. The summed E-state index contributed by atoms with van der Waals surface area (Å²) in [6.45, 7) is 0. The fraction of sp³-hybridized carbons (Fsp3) is 0.412. The van der Waals surface area contributed by atoms with Gasteiger partial charge in [-0.05, 0) is 48.3 Å². The van der Waals surface area contributed by atoms with E-state index in [0.29, 0.717) is 27.6 Å². The first kappa shape index (κ1) is 13.1. The first-order chi connectivity index (χ1) is 10.6. The van der Waals surface area contributed by atoms with Crippen molar-refractivity contribution in [3.8, 4) is 0 Å². The highest BCUT2D eigenvalue weighted by molar-refractivity contribution is 6.42. The monoisotopic (exact) mass is 333 g/mol. The Balaban J connectivity index is 1.58. The van der Waals surface area contributed by atoms with Crippen LogP contribution in [0.1, 0.15) is 6.42 Å². The largest absolute Gasteiger partial charge is 0.274 e. The number of nitrogens with zero attached hydrogens (tertiary/aromatic N) is 1. The highest BCUT2D eigenvalue weighted by Crippen LogP contribution is 2.65. The fourth-order valence-corrected chi connectivity index (χ4v) is 5.13. The molecule has 1 saturated heterocycles. The summed E-state index contributed by atoms with van der Waals surface area (Å²) in [6.07, 6.45) is 5.51. The Morgan fingerprint density at radius 1 is 0.909 bits per heavy atom. The maximum atomic E-state index is 12.9. The van der Waals surface area contributed by atoms with Crippen LogP contribution in [0.25, 0.3) is 0 Å². The Morgan fingerprint density at radius 3 is 2.05 bits per heavy atom. The minimum absolute atomic E-state index is 0.0712. The highest BCUT2D eigenvalue weighted by Gasteiger charge is 2.67. The number of allylic oxidation sites excluding steroid dienone is 2. The zero-order chi connectivity index (χ0) is 15.2. The van der Waals surface area contributed by atoms with Crippen molar-refractivity contribution in [2.75, 3.05) is 4.90 Å². The maximum absolute atomic E-state index is 12.9. The summed E-state index contributed by atoms with van der Waals surface area (Å²) in [5, 5.41) is 0.781.